The lowest BCUT2D eigenvalue weighted by atomic mass is 9.72. The van der Waals surface area contributed by atoms with Crippen molar-refractivity contribution in [2.24, 2.45) is 11.3 Å². The number of nitrogens with zero attached hydrogens (tertiary/aromatic N) is 1. The summed E-state index contributed by atoms with van der Waals surface area (Å²) in [5.74, 6) is 1.84. The minimum atomic E-state index is -0.206. The van der Waals surface area contributed by atoms with Gasteiger partial charge in [-0.1, -0.05) is 39.0 Å². The van der Waals surface area contributed by atoms with Crippen molar-refractivity contribution >= 4 is 22.2 Å². The lowest BCUT2D eigenvalue weighted by molar-refractivity contribution is 0.102. The molecule has 0 saturated carbocycles. The SMILES string of the molecule is COc1cccc(OCc2ccc(C(=O)Nc3sc4c(c3C#N)CC[C@@H](C(C)(C)C)C4)cc2)c1. The third-order valence-electron chi connectivity index (χ3n) is 6.49. The number of methoxy groups -OCH3 is 1. The van der Waals surface area contributed by atoms with Gasteiger partial charge < -0.3 is 14.8 Å². The summed E-state index contributed by atoms with van der Waals surface area (Å²) in [5.41, 5.74) is 3.48. The molecule has 6 heteroatoms. The zero-order valence-electron chi connectivity index (χ0n) is 20.1. The number of ether oxygens (including phenoxy) is 2. The standard InChI is InChI=1S/C28H30N2O3S/c1-28(2,3)20-12-13-23-24(16-29)27(34-25(23)14-20)30-26(31)19-10-8-18(9-11-19)17-33-22-7-5-6-21(15-22)32-4/h5-11,15,20H,12-14,17H2,1-4H3,(H,30,31)/t20-/m1/s1. The van der Waals surface area contributed by atoms with Gasteiger partial charge in [-0.05, 0) is 66.0 Å². The first-order valence-electron chi connectivity index (χ1n) is 11.5. The van der Waals surface area contributed by atoms with Crippen LogP contribution < -0.4 is 14.8 Å². The molecule has 0 unspecified atom stereocenters. The van der Waals surface area contributed by atoms with E-state index in [4.69, 9.17) is 9.47 Å². The van der Waals surface area contributed by atoms with Crippen molar-refractivity contribution in [1.82, 2.24) is 0 Å². The summed E-state index contributed by atoms with van der Waals surface area (Å²) < 4.78 is 11.0. The number of benzene rings is 2. The Morgan fingerprint density at radius 3 is 2.59 bits per heavy atom. The number of nitrogens with one attached hydrogen (secondary N) is 1. The van der Waals surface area contributed by atoms with Gasteiger partial charge in [-0.3, -0.25) is 4.79 Å². The Morgan fingerprint density at radius 2 is 1.91 bits per heavy atom. The Hall–Kier alpha value is -3.30. The van der Waals surface area contributed by atoms with Crippen LogP contribution in [0.15, 0.2) is 48.5 Å². The maximum absolute atomic E-state index is 12.9. The first kappa shape index (κ1) is 23.8. The maximum atomic E-state index is 12.9. The Morgan fingerprint density at radius 1 is 1.18 bits per heavy atom. The quantitative estimate of drug-likeness (QED) is 0.436. The average Bonchev–Trinajstić information content (AvgIpc) is 3.18. The van der Waals surface area contributed by atoms with Crippen LogP contribution in [0.25, 0.3) is 0 Å². The molecule has 0 bridgehead atoms. The van der Waals surface area contributed by atoms with E-state index in [2.05, 4.69) is 32.2 Å². The molecule has 0 fully saturated rings. The van der Waals surface area contributed by atoms with Gasteiger partial charge in [0, 0.05) is 16.5 Å². The Balaban J connectivity index is 1.42. The number of nitriles is 1. The maximum Gasteiger partial charge on any atom is 0.256 e. The molecule has 0 radical (unpaired) electrons. The van der Waals surface area contributed by atoms with E-state index in [0.29, 0.717) is 28.7 Å². The molecule has 4 rings (SSSR count). The Kier molecular flexibility index (Phi) is 6.95. The first-order chi connectivity index (χ1) is 16.3. The van der Waals surface area contributed by atoms with Crippen molar-refractivity contribution in [2.75, 3.05) is 12.4 Å². The Bertz CT molecular complexity index is 1220. The van der Waals surface area contributed by atoms with Crippen LogP contribution in [-0.2, 0) is 19.4 Å². The Labute approximate surface area is 205 Å². The fourth-order valence-electron chi connectivity index (χ4n) is 4.32. The van der Waals surface area contributed by atoms with Gasteiger partial charge in [-0.25, -0.2) is 0 Å². The molecule has 2 aromatic carbocycles. The van der Waals surface area contributed by atoms with Crippen LogP contribution in [0.1, 0.15) is 59.1 Å². The second-order valence-corrected chi connectivity index (χ2v) is 10.8. The minimum absolute atomic E-state index is 0.206. The number of hydrogen-bond donors (Lipinski definition) is 1. The summed E-state index contributed by atoms with van der Waals surface area (Å²) in [4.78, 5) is 14.2. The van der Waals surface area contributed by atoms with Crippen molar-refractivity contribution in [3.05, 3.63) is 75.7 Å². The topological polar surface area (TPSA) is 71.3 Å². The highest BCUT2D eigenvalue weighted by Gasteiger charge is 2.32. The summed E-state index contributed by atoms with van der Waals surface area (Å²) in [7, 11) is 1.62. The number of fused-ring (bicyclic) bond motifs is 1. The van der Waals surface area contributed by atoms with Crippen LogP contribution in [-0.4, -0.2) is 13.0 Å². The van der Waals surface area contributed by atoms with E-state index < -0.39 is 0 Å². The molecule has 1 aromatic heterocycles. The summed E-state index contributed by atoms with van der Waals surface area (Å²) in [6, 6.07) is 17.1. The van der Waals surface area contributed by atoms with E-state index in [1.54, 1.807) is 30.6 Å². The zero-order chi connectivity index (χ0) is 24.3. The molecule has 0 aliphatic heterocycles. The van der Waals surface area contributed by atoms with Gasteiger partial charge in [0.05, 0.1) is 12.7 Å². The third-order valence-corrected chi connectivity index (χ3v) is 7.66. The van der Waals surface area contributed by atoms with Crippen molar-refractivity contribution in [3.63, 3.8) is 0 Å². The lowest BCUT2D eigenvalue weighted by Crippen LogP contribution is -2.26. The minimum Gasteiger partial charge on any atom is -0.497 e. The predicted octanol–water partition coefficient (Wildman–Crippen LogP) is 6.61. The second kappa shape index (κ2) is 9.90. The van der Waals surface area contributed by atoms with Crippen LogP contribution in [0, 0.1) is 22.7 Å². The zero-order valence-corrected chi connectivity index (χ0v) is 20.9. The molecule has 1 heterocycles. The van der Waals surface area contributed by atoms with E-state index in [1.165, 1.54) is 4.88 Å². The first-order valence-corrected chi connectivity index (χ1v) is 12.3. The molecule has 5 nitrogen and oxygen atoms in total. The van der Waals surface area contributed by atoms with Gasteiger partial charge in [-0.15, -0.1) is 11.3 Å². The monoisotopic (exact) mass is 474 g/mol. The predicted molar refractivity (Wildman–Crippen MR) is 136 cm³/mol. The van der Waals surface area contributed by atoms with Crippen LogP contribution in [0.2, 0.25) is 0 Å². The average molecular weight is 475 g/mol. The van der Waals surface area contributed by atoms with Crippen LogP contribution in [0.5, 0.6) is 11.5 Å². The molecule has 3 aromatic rings. The largest absolute Gasteiger partial charge is 0.497 e. The van der Waals surface area contributed by atoms with Gasteiger partial charge in [0.25, 0.3) is 5.91 Å². The lowest BCUT2D eigenvalue weighted by Gasteiger charge is -2.33. The molecule has 1 amide bonds. The molecule has 0 saturated heterocycles. The molecule has 1 atom stereocenters. The molecular weight excluding hydrogens is 444 g/mol. The number of rotatable bonds is 6. The molecule has 176 valence electrons. The summed E-state index contributed by atoms with van der Waals surface area (Å²) in [5, 5.41) is 13.4. The molecular formula is C28H30N2O3S. The van der Waals surface area contributed by atoms with Crippen molar-refractivity contribution in [2.45, 2.75) is 46.6 Å². The number of hydrogen-bond acceptors (Lipinski definition) is 5. The van der Waals surface area contributed by atoms with E-state index >= 15 is 0 Å². The van der Waals surface area contributed by atoms with Crippen LogP contribution in [0.4, 0.5) is 5.00 Å². The molecule has 1 aliphatic carbocycles. The number of thiophene rings is 1. The highest BCUT2D eigenvalue weighted by Crippen LogP contribution is 2.44. The van der Waals surface area contributed by atoms with Crippen LogP contribution in [0.3, 0.4) is 0 Å². The van der Waals surface area contributed by atoms with E-state index in [-0.39, 0.29) is 11.3 Å². The van der Waals surface area contributed by atoms with Gasteiger partial charge in [0.15, 0.2) is 0 Å². The number of carbonyl (C=O) groups is 1. The highest BCUT2D eigenvalue weighted by atomic mass is 32.1. The molecule has 1 N–H and O–H groups in total. The normalized spacial score (nSPS) is 15.2. The summed E-state index contributed by atoms with van der Waals surface area (Å²) >= 11 is 1.56. The van der Waals surface area contributed by atoms with Crippen molar-refractivity contribution in [3.8, 4) is 17.6 Å². The van der Waals surface area contributed by atoms with Crippen LogP contribution >= 0.6 is 11.3 Å². The third kappa shape index (κ3) is 5.26. The fourth-order valence-corrected chi connectivity index (χ4v) is 5.59. The highest BCUT2D eigenvalue weighted by molar-refractivity contribution is 7.16. The molecule has 1 aliphatic rings. The van der Waals surface area contributed by atoms with Crippen molar-refractivity contribution < 1.29 is 14.3 Å². The van der Waals surface area contributed by atoms with Gasteiger partial charge >= 0.3 is 0 Å². The van der Waals surface area contributed by atoms with E-state index in [1.807, 2.05) is 36.4 Å². The van der Waals surface area contributed by atoms with Gasteiger partial charge in [-0.2, -0.15) is 5.26 Å². The van der Waals surface area contributed by atoms with Gasteiger partial charge in [0.1, 0.15) is 29.2 Å². The molecule has 34 heavy (non-hydrogen) atoms. The smallest absolute Gasteiger partial charge is 0.256 e. The number of carbonyl (C=O) groups excluding carboxylic acids is 1. The summed E-state index contributed by atoms with van der Waals surface area (Å²) in [6.07, 6.45) is 2.94. The van der Waals surface area contributed by atoms with Crippen molar-refractivity contribution in [1.29, 1.82) is 5.26 Å². The second-order valence-electron chi connectivity index (χ2n) is 9.74. The summed E-state index contributed by atoms with van der Waals surface area (Å²) in [6.45, 7) is 7.21. The number of anilines is 1. The van der Waals surface area contributed by atoms with E-state index in [9.17, 15) is 10.1 Å². The molecule has 0 spiro atoms. The number of amides is 1. The van der Waals surface area contributed by atoms with Gasteiger partial charge in [0.2, 0.25) is 0 Å². The van der Waals surface area contributed by atoms with E-state index in [0.717, 1.165) is 41.9 Å². The fraction of sp³-hybridized carbons (Fsp3) is 0.357.